The van der Waals surface area contributed by atoms with E-state index in [-0.39, 0.29) is 11.5 Å². The average Bonchev–Trinajstić information content (AvgIpc) is 3.30. The molecular formula is C16H13FN6O2. The molecule has 0 aliphatic heterocycles. The van der Waals surface area contributed by atoms with E-state index in [1.807, 2.05) is 6.92 Å². The zero-order valence-electron chi connectivity index (χ0n) is 13.2. The summed E-state index contributed by atoms with van der Waals surface area (Å²) in [6.07, 6.45) is 1.32. The molecule has 4 aromatic rings. The summed E-state index contributed by atoms with van der Waals surface area (Å²) in [6.45, 7) is 2.26. The van der Waals surface area contributed by atoms with Gasteiger partial charge in [-0.1, -0.05) is 17.3 Å². The zero-order valence-corrected chi connectivity index (χ0v) is 13.2. The summed E-state index contributed by atoms with van der Waals surface area (Å²) in [4.78, 5) is 12.1. The first-order valence-corrected chi connectivity index (χ1v) is 7.49. The van der Waals surface area contributed by atoms with E-state index in [4.69, 9.17) is 0 Å². The number of rotatable bonds is 4. The van der Waals surface area contributed by atoms with Crippen molar-refractivity contribution >= 4 is 22.8 Å². The van der Waals surface area contributed by atoms with Crippen LogP contribution in [0, 0.1) is 12.7 Å². The maximum Gasteiger partial charge on any atom is 0.278 e. The molecule has 0 spiro atoms. The minimum absolute atomic E-state index is 0.166. The Morgan fingerprint density at radius 3 is 2.84 bits per heavy atom. The molecule has 0 unspecified atom stereocenters. The number of hydrogen-bond donors (Lipinski definition) is 2. The van der Waals surface area contributed by atoms with Crippen LogP contribution in [-0.4, -0.2) is 31.0 Å². The monoisotopic (exact) mass is 340 g/mol. The summed E-state index contributed by atoms with van der Waals surface area (Å²) in [5.41, 5.74) is 2.36. The van der Waals surface area contributed by atoms with Crippen molar-refractivity contribution in [3.8, 4) is 0 Å². The molecule has 0 aliphatic rings. The van der Waals surface area contributed by atoms with Crippen LogP contribution in [0.3, 0.4) is 0 Å². The van der Waals surface area contributed by atoms with Crippen LogP contribution in [0.5, 0.6) is 0 Å². The number of fused-ring (bicyclic) bond motifs is 1. The second-order valence-corrected chi connectivity index (χ2v) is 5.51. The van der Waals surface area contributed by atoms with Gasteiger partial charge in [0.1, 0.15) is 17.9 Å². The highest BCUT2D eigenvalue weighted by molar-refractivity contribution is 6.06. The second kappa shape index (κ2) is 5.86. The summed E-state index contributed by atoms with van der Waals surface area (Å²) in [5.74, 6) is -0.265. The van der Waals surface area contributed by atoms with Gasteiger partial charge in [0.15, 0.2) is 11.3 Å². The number of carbonyl (C=O) groups is 1. The lowest BCUT2D eigenvalue weighted by molar-refractivity contribution is 0.101. The van der Waals surface area contributed by atoms with Crippen LogP contribution in [0.1, 0.15) is 21.7 Å². The third kappa shape index (κ3) is 2.75. The van der Waals surface area contributed by atoms with Crippen molar-refractivity contribution in [3.05, 3.63) is 59.4 Å². The molecule has 4 rings (SSSR count). The van der Waals surface area contributed by atoms with Crippen LogP contribution in [0.25, 0.3) is 11.0 Å². The van der Waals surface area contributed by atoms with E-state index in [2.05, 4.69) is 30.3 Å². The average molecular weight is 340 g/mol. The largest absolute Gasteiger partial charge is 0.364 e. The van der Waals surface area contributed by atoms with Crippen LogP contribution in [0.4, 0.5) is 10.2 Å². The Labute approximate surface area is 140 Å². The number of nitrogens with one attached hydrogen (secondary N) is 2. The van der Waals surface area contributed by atoms with Crippen molar-refractivity contribution in [1.82, 2.24) is 25.1 Å². The van der Waals surface area contributed by atoms with Gasteiger partial charge in [-0.15, -0.1) is 0 Å². The summed E-state index contributed by atoms with van der Waals surface area (Å²) < 4.78 is 19.4. The van der Waals surface area contributed by atoms with Gasteiger partial charge in [-0.2, -0.15) is 10.2 Å². The van der Waals surface area contributed by atoms with Crippen molar-refractivity contribution < 1.29 is 13.7 Å². The van der Waals surface area contributed by atoms with E-state index in [1.54, 1.807) is 16.8 Å². The molecule has 0 bridgehead atoms. The normalized spacial score (nSPS) is 11.1. The predicted molar refractivity (Wildman–Crippen MR) is 86.6 cm³/mol. The Kier molecular flexibility index (Phi) is 3.53. The molecule has 0 aliphatic carbocycles. The maximum absolute atomic E-state index is 13.0. The molecule has 3 aromatic heterocycles. The van der Waals surface area contributed by atoms with Crippen LogP contribution in [0.2, 0.25) is 0 Å². The minimum atomic E-state index is -0.412. The van der Waals surface area contributed by atoms with Gasteiger partial charge in [0.05, 0.1) is 17.6 Å². The molecule has 9 heteroatoms. The van der Waals surface area contributed by atoms with Gasteiger partial charge < -0.3 is 9.84 Å². The smallest absolute Gasteiger partial charge is 0.278 e. The summed E-state index contributed by atoms with van der Waals surface area (Å²) in [5, 5.41) is 18.5. The van der Waals surface area contributed by atoms with Crippen molar-refractivity contribution in [2.75, 3.05) is 5.32 Å². The van der Waals surface area contributed by atoms with Crippen LogP contribution >= 0.6 is 0 Å². The number of anilines is 1. The number of nitrogens with zero attached hydrogens (tertiary/aromatic N) is 4. The first kappa shape index (κ1) is 15.1. The van der Waals surface area contributed by atoms with Crippen molar-refractivity contribution in [2.45, 2.75) is 13.5 Å². The molecule has 1 aromatic carbocycles. The Bertz CT molecular complexity index is 1030. The molecule has 3 heterocycles. The highest BCUT2D eigenvalue weighted by Crippen LogP contribution is 2.25. The summed E-state index contributed by atoms with van der Waals surface area (Å²) in [7, 11) is 0. The quantitative estimate of drug-likeness (QED) is 0.594. The topological polar surface area (TPSA) is 102 Å². The molecule has 0 radical (unpaired) electrons. The van der Waals surface area contributed by atoms with Crippen LogP contribution < -0.4 is 5.32 Å². The predicted octanol–water partition coefficient (Wildman–Crippen LogP) is 2.50. The number of benzene rings is 1. The fraction of sp³-hybridized carbons (Fsp3) is 0.125. The van der Waals surface area contributed by atoms with E-state index in [9.17, 15) is 9.18 Å². The first-order chi connectivity index (χ1) is 12.1. The first-order valence-electron chi connectivity index (χ1n) is 7.49. The lowest BCUT2D eigenvalue weighted by Gasteiger charge is -2.01. The minimum Gasteiger partial charge on any atom is -0.364 e. The second-order valence-electron chi connectivity index (χ2n) is 5.51. The Hall–Kier alpha value is -3.49. The van der Waals surface area contributed by atoms with E-state index in [0.29, 0.717) is 29.1 Å². The van der Waals surface area contributed by atoms with E-state index in [0.717, 1.165) is 5.56 Å². The number of carbonyl (C=O) groups excluding carboxylic acids is 1. The third-order valence-electron chi connectivity index (χ3n) is 3.78. The van der Waals surface area contributed by atoms with Crippen LogP contribution in [0.15, 0.2) is 41.1 Å². The third-order valence-corrected chi connectivity index (χ3v) is 3.78. The molecular weight excluding hydrogens is 327 g/mol. The number of amides is 1. The molecule has 2 N–H and O–H groups in total. The van der Waals surface area contributed by atoms with Crippen molar-refractivity contribution in [2.24, 2.45) is 0 Å². The van der Waals surface area contributed by atoms with Crippen LogP contribution in [-0.2, 0) is 6.54 Å². The van der Waals surface area contributed by atoms with Gasteiger partial charge in [-0.05, 0) is 24.6 Å². The van der Waals surface area contributed by atoms with Gasteiger partial charge in [0, 0.05) is 6.07 Å². The van der Waals surface area contributed by atoms with Gasteiger partial charge in [-0.3, -0.25) is 9.89 Å². The van der Waals surface area contributed by atoms with Gasteiger partial charge in [0.25, 0.3) is 5.91 Å². The Morgan fingerprint density at radius 2 is 2.12 bits per heavy atom. The van der Waals surface area contributed by atoms with Crippen molar-refractivity contribution in [3.63, 3.8) is 0 Å². The van der Waals surface area contributed by atoms with Gasteiger partial charge in [0.2, 0.25) is 0 Å². The van der Waals surface area contributed by atoms with E-state index in [1.165, 1.54) is 24.5 Å². The zero-order chi connectivity index (χ0) is 17.4. The Morgan fingerprint density at radius 1 is 1.32 bits per heavy atom. The molecule has 0 saturated heterocycles. The lowest BCUT2D eigenvalue weighted by Crippen LogP contribution is -2.12. The SMILES string of the molecule is Cc1nn(Cc2ccc(F)cc2)c2n[nH]c(NC(=O)c3ccon3)c12. The molecule has 0 fully saturated rings. The van der Waals surface area contributed by atoms with Gasteiger partial charge in [-0.25, -0.2) is 9.07 Å². The summed E-state index contributed by atoms with van der Waals surface area (Å²) in [6, 6.07) is 7.65. The maximum atomic E-state index is 13.0. The highest BCUT2D eigenvalue weighted by Gasteiger charge is 2.18. The van der Waals surface area contributed by atoms with E-state index < -0.39 is 5.91 Å². The standard InChI is InChI=1S/C16H13FN6O2/c1-9-13-14(18-16(24)12-6-7-25-22-12)19-20-15(13)23(21-9)8-10-2-4-11(17)5-3-10/h2-7H,8H2,1H3,(H2,18,19,20,24). The fourth-order valence-electron chi connectivity index (χ4n) is 2.61. The molecule has 1 amide bonds. The molecule has 126 valence electrons. The highest BCUT2D eigenvalue weighted by atomic mass is 19.1. The Balaban J connectivity index is 1.64. The summed E-state index contributed by atoms with van der Waals surface area (Å²) >= 11 is 0. The van der Waals surface area contributed by atoms with E-state index >= 15 is 0 Å². The molecule has 8 nitrogen and oxygen atoms in total. The number of hydrogen-bond acceptors (Lipinski definition) is 5. The lowest BCUT2D eigenvalue weighted by atomic mass is 10.2. The van der Waals surface area contributed by atoms with Crippen molar-refractivity contribution in [1.29, 1.82) is 0 Å². The van der Waals surface area contributed by atoms with Gasteiger partial charge >= 0.3 is 0 Å². The number of H-pyrrole nitrogens is 1. The molecule has 25 heavy (non-hydrogen) atoms. The number of aromatic amines is 1. The molecule has 0 atom stereocenters. The fourth-order valence-corrected chi connectivity index (χ4v) is 2.61. The number of aryl methyl sites for hydroxylation is 1. The molecule has 0 saturated carbocycles. The number of aromatic nitrogens is 5. The number of halogens is 1.